The fourth-order valence-electron chi connectivity index (χ4n) is 6.73. The van der Waals surface area contributed by atoms with Crippen molar-refractivity contribution in [3.05, 3.63) is 64.4 Å². The van der Waals surface area contributed by atoms with Crippen molar-refractivity contribution in [2.45, 2.75) is 57.4 Å². The molecule has 21 heteroatoms. The third-order valence-electron chi connectivity index (χ3n) is 9.92. The van der Waals surface area contributed by atoms with Crippen LogP contribution < -0.4 is 21.7 Å². The average Bonchev–Trinajstić information content (AvgIpc) is 3.92. The summed E-state index contributed by atoms with van der Waals surface area (Å²) >= 11 is 3.35. The van der Waals surface area contributed by atoms with Gasteiger partial charge in [-0.15, -0.1) is 0 Å². The lowest BCUT2D eigenvalue weighted by molar-refractivity contribution is -0.137. The number of amides is 4. The van der Waals surface area contributed by atoms with Crippen molar-refractivity contribution in [1.82, 2.24) is 40.3 Å². The van der Waals surface area contributed by atoms with Gasteiger partial charge in [-0.05, 0) is 64.0 Å². The summed E-state index contributed by atoms with van der Waals surface area (Å²) in [6.45, 7) is 3.09. The summed E-state index contributed by atoms with van der Waals surface area (Å²) in [4.78, 5) is 78.4. The molecule has 4 aromatic rings. The van der Waals surface area contributed by atoms with Gasteiger partial charge in [-0.25, -0.2) is 19.3 Å². The molecule has 2 atom stereocenters. The van der Waals surface area contributed by atoms with Crippen molar-refractivity contribution < 1.29 is 47.3 Å². The van der Waals surface area contributed by atoms with Crippen molar-refractivity contribution in [3.8, 4) is 11.1 Å². The summed E-state index contributed by atoms with van der Waals surface area (Å²) in [5.74, 6) is -0.945. The Morgan fingerprint density at radius 2 is 1.58 bits per heavy atom. The number of hydrogen-bond acceptors (Lipinski definition) is 14. The number of likely N-dealkylation sites (tertiary alicyclic amines) is 1. The first-order chi connectivity index (χ1) is 30.0. The number of ether oxygens (including phenoxy) is 4. The summed E-state index contributed by atoms with van der Waals surface area (Å²) < 4.78 is 37.9. The molecular weight excluding hydrogens is 875 g/mol. The fraction of sp³-hybridized carbons (Fsp3) is 0.488. The second kappa shape index (κ2) is 22.7. The Balaban J connectivity index is 0.954. The van der Waals surface area contributed by atoms with E-state index < -0.39 is 24.0 Å². The molecule has 19 nitrogen and oxygen atoms in total. The van der Waals surface area contributed by atoms with Crippen molar-refractivity contribution in [2.24, 2.45) is 5.73 Å². The number of pyridine rings is 1. The fourth-order valence-corrected chi connectivity index (χ4v) is 7.04. The van der Waals surface area contributed by atoms with E-state index in [2.05, 4.69) is 51.9 Å². The lowest BCUT2D eigenvalue weighted by Crippen LogP contribution is -2.44. The maximum Gasteiger partial charge on any atom is 0.248 e. The number of halogens is 2. The minimum absolute atomic E-state index is 0.0581. The number of nitrogens with two attached hydrogens (primary N) is 1. The van der Waals surface area contributed by atoms with Crippen LogP contribution in [-0.2, 0) is 51.2 Å². The number of aromatic nitrogens is 5. The van der Waals surface area contributed by atoms with Crippen LogP contribution in [0.2, 0.25) is 0 Å². The molecule has 4 amide bonds. The summed E-state index contributed by atoms with van der Waals surface area (Å²) in [7, 11) is 0. The van der Waals surface area contributed by atoms with Crippen LogP contribution in [0, 0.1) is 0 Å². The largest absolute Gasteiger partial charge is 0.378 e. The molecule has 5 N–H and O–H groups in total. The van der Waals surface area contributed by atoms with Crippen molar-refractivity contribution in [3.63, 3.8) is 0 Å². The van der Waals surface area contributed by atoms with Crippen molar-refractivity contribution >= 4 is 62.1 Å². The standard InChI is InChI=1S/C41H50BrFN10O9/c1-25(54)39-31-16-27(28-18-46-35(47-19-28)20-48-37(56)24-62-15-13-60-11-9-45-36(55)23-61-14-12-59-10-8-44)4-6-32(31)53(51-39)22-38(57)52-21-29(43)17-33(52)41(58)50-40-30(26-2-3-26)5-7-34(42)49-40/h4-7,16,18-19,26,29,33H,2-3,8-15,17,20-24,44H2,1H3,(H,45,55)(H,48,56)(H,49,50,58)/t29-,33+/m1/s1. The summed E-state index contributed by atoms with van der Waals surface area (Å²) in [6, 6.07) is 7.92. The molecule has 1 aliphatic carbocycles. The minimum atomic E-state index is -1.39. The van der Waals surface area contributed by atoms with E-state index in [1.807, 2.05) is 12.1 Å². The Labute approximate surface area is 365 Å². The van der Waals surface area contributed by atoms with Gasteiger partial charge in [-0.2, -0.15) is 5.10 Å². The highest BCUT2D eigenvalue weighted by atomic mass is 79.9. The molecule has 0 radical (unpaired) electrons. The smallest absolute Gasteiger partial charge is 0.248 e. The molecule has 62 heavy (non-hydrogen) atoms. The van der Waals surface area contributed by atoms with Crippen LogP contribution in [-0.4, -0.2) is 144 Å². The van der Waals surface area contributed by atoms with E-state index in [0.717, 1.165) is 18.4 Å². The molecule has 332 valence electrons. The normalized spacial score (nSPS) is 16.1. The highest BCUT2D eigenvalue weighted by Gasteiger charge is 2.41. The van der Waals surface area contributed by atoms with Crippen molar-refractivity contribution in [2.75, 3.05) is 77.8 Å². The zero-order chi connectivity index (χ0) is 44.0. The predicted octanol–water partition coefficient (Wildman–Crippen LogP) is 2.07. The van der Waals surface area contributed by atoms with E-state index in [-0.39, 0.29) is 82.4 Å². The molecule has 1 aliphatic heterocycles. The van der Waals surface area contributed by atoms with Crippen LogP contribution in [0.15, 0.2) is 47.3 Å². The molecule has 1 saturated heterocycles. The minimum Gasteiger partial charge on any atom is -0.378 e. The van der Waals surface area contributed by atoms with E-state index in [4.69, 9.17) is 24.7 Å². The quantitative estimate of drug-likeness (QED) is 0.0447. The number of ketones is 1. The van der Waals surface area contributed by atoms with Gasteiger partial charge in [0.15, 0.2) is 5.78 Å². The number of nitrogens with zero attached hydrogens (tertiary/aromatic N) is 6. The van der Waals surface area contributed by atoms with Crippen LogP contribution in [0.25, 0.3) is 22.0 Å². The lowest BCUT2D eigenvalue weighted by Gasteiger charge is -2.24. The number of Topliss-reactive ketones (excluding diaryl/α,β-unsaturated/α-hetero) is 1. The number of hydrogen-bond donors (Lipinski definition) is 4. The number of carbonyl (C=O) groups is 5. The van der Waals surface area contributed by atoms with Crippen LogP contribution in [0.4, 0.5) is 10.2 Å². The Morgan fingerprint density at radius 1 is 0.887 bits per heavy atom. The number of anilines is 1. The predicted molar refractivity (Wildman–Crippen MR) is 226 cm³/mol. The molecule has 2 aliphatic rings. The summed E-state index contributed by atoms with van der Waals surface area (Å²) in [5.41, 5.74) is 8.18. The van der Waals surface area contributed by atoms with Crippen LogP contribution in [0.3, 0.4) is 0 Å². The Bertz CT molecular complexity index is 2210. The van der Waals surface area contributed by atoms with E-state index in [9.17, 15) is 28.4 Å². The SMILES string of the molecule is CC(=O)c1nn(CC(=O)N2C[C@H](F)C[C@H]2C(=O)Nc2nc(Br)ccc2C2CC2)c2ccc(-c3cnc(CNC(=O)COCCOCCNC(=O)COCCOCCN)nc3)cc12. The van der Waals surface area contributed by atoms with E-state index in [1.165, 1.54) is 16.5 Å². The number of benzene rings is 1. The molecule has 0 bridgehead atoms. The highest BCUT2D eigenvalue weighted by Crippen LogP contribution is 2.43. The van der Waals surface area contributed by atoms with Gasteiger partial charge in [0.05, 0.1) is 58.2 Å². The number of fused-ring (bicyclic) bond motifs is 1. The van der Waals surface area contributed by atoms with E-state index in [1.54, 1.807) is 30.6 Å². The van der Waals surface area contributed by atoms with Gasteiger partial charge in [-0.3, -0.25) is 28.7 Å². The summed E-state index contributed by atoms with van der Waals surface area (Å²) in [5, 5.41) is 13.1. The van der Waals surface area contributed by atoms with Crippen molar-refractivity contribution in [1.29, 1.82) is 0 Å². The van der Waals surface area contributed by atoms with Gasteiger partial charge in [0.25, 0.3) is 0 Å². The molecule has 1 aromatic carbocycles. The molecule has 1 saturated carbocycles. The highest BCUT2D eigenvalue weighted by molar-refractivity contribution is 9.10. The van der Waals surface area contributed by atoms with Gasteiger partial charge in [0.1, 0.15) is 53.9 Å². The second-order valence-corrected chi connectivity index (χ2v) is 15.5. The molecule has 0 spiro atoms. The van der Waals surface area contributed by atoms with Gasteiger partial charge < -0.3 is 45.5 Å². The van der Waals surface area contributed by atoms with Crippen LogP contribution in [0.1, 0.15) is 54.0 Å². The maximum atomic E-state index is 14.8. The first kappa shape index (κ1) is 46.2. The van der Waals surface area contributed by atoms with Gasteiger partial charge in [0, 0.05) is 49.8 Å². The molecule has 2 fully saturated rings. The Hall–Kier alpha value is -5.32. The third kappa shape index (κ3) is 13.1. The molecule has 6 rings (SSSR count). The van der Waals surface area contributed by atoms with E-state index in [0.29, 0.717) is 77.1 Å². The monoisotopic (exact) mass is 924 g/mol. The maximum absolute atomic E-state index is 14.8. The first-order valence-corrected chi connectivity index (χ1v) is 21.1. The number of nitrogens with one attached hydrogen (secondary N) is 3. The Kier molecular flexibility index (Phi) is 16.9. The van der Waals surface area contributed by atoms with Gasteiger partial charge >= 0.3 is 0 Å². The molecule has 3 aromatic heterocycles. The third-order valence-corrected chi connectivity index (χ3v) is 10.4. The van der Waals surface area contributed by atoms with Gasteiger partial charge in [0.2, 0.25) is 23.6 Å². The Morgan fingerprint density at radius 3 is 2.27 bits per heavy atom. The zero-order valence-electron chi connectivity index (χ0n) is 34.3. The molecular formula is C41H50BrFN10O9. The summed E-state index contributed by atoms with van der Waals surface area (Å²) in [6.07, 6.45) is 3.61. The number of carbonyl (C=O) groups excluding carboxylic acids is 5. The number of rotatable bonds is 24. The van der Waals surface area contributed by atoms with Crippen LogP contribution in [0.5, 0.6) is 0 Å². The van der Waals surface area contributed by atoms with Crippen LogP contribution >= 0.6 is 15.9 Å². The zero-order valence-corrected chi connectivity index (χ0v) is 35.9. The molecule has 4 heterocycles. The molecule has 0 unspecified atom stereocenters. The number of alkyl halides is 1. The lowest BCUT2D eigenvalue weighted by atomic mass is 10.0. The first-order valence-electron chi connectivity index (χ1n) is 20.3. The topological polar surface area (TPSA) is 244 Å². The van der Waals surface area contributed by atoms with Gasteiger partial charge in [-0.1, -0.05) is 12.1 Å². The van der Waals surface area contributed by atoms with E-state index >= 15 is 0 Å². The second-order valence-electron chi connectivity index (χ2n) is 14.7. The average molecular weight is 926 g/mol.